The minimum atomic E-state index is 0.734. The number of thiophene rings is 1. The molecule has 0 bridgehead atoms. The Morgan fingerprint density at radius 2 is 1.67 bits per heavy atom. The number of aldehydes is 1. The second-order valence-corrected chi connectivity index (χ2v) is 8.33. The number of anilines is 1. The van der Waals surface area contributed by atoms with E-state index in [2.05, 4.69) is 53.1 Å². The molecule has 138 valence electrons. The zero-order valence-electron chi connectivity index (χ0n) is 15.6. The van der Waals surface area contributed by atoms with E-state index in [0.29, 0.717) is 0 Å². The Morgan fingerprint density at radius 3 is 2.33 bits per heavy atom. The van der Waals surface area contributed by atoms with Crippen LogP contribution in [0.3, 0.4) is 0 Å². The SMILES string of the molecule is Cc1ccc(-c2ccccc2CN2CCN(c3ccc(C=O)cc3)CC2)s1. The van der Waals surface area contributed by atoms with E-state index in [1.807, 2.05) is 35.6 Å². The van der Waals surface area contributed by atoms with Gasteiger partial charge in [0.15, 0.2) is 0 Å². The molecular weight excluding hydrogens is 352 g/mol. The first-order valence-electron chi connectivity index (χ1n) is 9.40. The molecule has 0 radical (unpaired) electrons. The molecule has 4 heteroatoms. The van der Waals surface area contributed by atoms with Crippen LogP contribution in [0, 0.1) is 6.92 Å². The quantitative estimate of drug-likeness (QED) is 0.594. The van der Waals surface area contributed by atoms with Crippen molar-refractivity contribution in [2.45, 2.75) is 13.5 Å². The van der Waals surface area contributed by atoms with Gasteiger partial charge in [0.25, 0.3) is 0 Å². The first-order valence-corrected chi connectivity index (χ1v) is 10.2. The molecule has 1 saturated heterocycles. The number of benzene rings is 2. The second kappa shape index (κ2) is 8.07. The Morgan fingerprint density at radius 1 is 0.926 bits per heavy atom. The summed E-state index contributed by atoms with van der Waals surface area (Å²) in [6.45, 7) is 7.28. The lowest BCUT2D eigenvalue weighted by atomic mass is 10.1. The average molecular weight is 377 g/mol. The van der Waals surface area contributed by atoms with Crippen LogP contribution in [-0.4, -0.2) is 37.4 Å². The molecule has 0 atom stereocenters. The number of piperazine rings is 1. The molecule has 0 amide bonds. The van der Waals surface area contributed by atoms with E-state index in [1.165, 1.54) is 26.6 Å². The maximum Gasteiger partial charge on any atom is 0.150 e. The second-order valence-electron chi connectivity index (χ2n) is 7.04. The first-order chi connectivity index (χ1) is 13.2. The van der Waals surface area contributed by atoms with E-state index in [1.54, 1.807) is 0 Å². The van der Waals surface area contributed by atoms with Crippen molar-refractivity contribution in [3.63, 3.8) is 0 Å². The molecule has 0 spiro atoms. The third-order valence-corrected chi connectivity index (χ3v) is 6.22. The topological polar surface area (TPSA) is 23.6 Å². The summed E-state index contributed by atoms with van der Waals surface area (Å²) in [5.74, 6) is 0. The van der Waals surface area contributed by atoms with E-state index in [0.717, 1.165) is 44.6 Å². The van der Waals surface area contributed by atoms with Gasteiger partial charge in [0.2, 0.25) is 0 Å². The van der Waals surface area contributed by atoms with Crippen LogP contribution in [0.25, 0.3) is 10.4 Å². The lowest BCUT2D eigenvalue weighted by Gasteiger charge is -2.36. The minimum Gasteiger partial charge on any atom is -0.369 e. The van der Waals surface area contributed by atoms with Crippen LogP contribution in [0.2, 0.25) is 0 Å². The van der Waals surface area contributed by atoms with Gasteiger partial charge in [-0.1, -0.05) is 24.3 Å². The summed E-state index contributed by atoms with van der Waals surface area (Å²) in [7, 11) is 0. The van der Waals surface area contributed by atoms with E-state index >= 15 is 0 Å². The molecule has 0 unspecified atom stereocenters. The monoisotopic (exact) mass is 376 g/mol. The first kappa shape index (κ1) is 18.0. The van der Waals surface area contributed by atoms with E-state index in [-0.39, 0.29) is 0 Å². The summed E-state index contributed by atoms with van der Waals surface area (Å²) < 4.78 is 0. The fourth-order valence-corrected chi connectivity index (χ4v) is 4.57. The van der Waals surface area contributed by atoms with Gasteiger partial charge in [-0.3, -0.25) is 9.69 Å². The minimum absolute atomic E-state index is 0.734. The van der Waals surface area contributed by atoms with E-state index in [4.69, 9.17) is 0 Å². The molecule has 2 heterocycles. The fraction of sp³-hybridized carbons (Fsp3) is 0.261. The highest BCUT2D eigenvalue weighted by molar-refractivity contribution is 7.15. The van der Waals surface area contributed by atoms with Gasteiger partial charge in [0, 0.05) is 53.7 Å². The van der Waals surface area contributed by atoms with Gasteiger partial charge in [0.1, 0.15) is 6.29 Å². The van der Waals surface area contributed by atoms with Crippen LogP contribution in [0.5, 0.6) is 0 Å². The molecule has 1 aliphatic rings. The molecule has 3 aromatic rings. The Bertz CT molecular complexity index is 908. The average Bonchev–Trinajstić information content (AvgIpc) is 3.15. The maximum absolute atomic E-state index is 10.8. The number of carbonyl (C=O) groups excluding carboxylic acids is 1. The number of rotatable bonds is 5. The zero-order chi connectivity index (χ0) is 18.6. The lowest BCUT2D eigenvalue weighted by molar-refractivity contribution is 0.112. The summed E-state index contributed by atoms with van der Waals surface area (Å²) in [5.41, 5.74) is 4.71. The summed E-state index contributed by atoms with van der Waals surface area (Å²) >= 11 is 1.87. The van der Waals surface area contributed by atoms with Crippen molar-refractivity contribution in [1.29, 1.82) is 0 Å². The molecule has 0 N–H and O–H groups in total. The molecule has 2 aromatic carbocycles. The number of aryl methyl sites for hydroxylation is 1. The number of hydrogen-bond donors (Lipinski definition) is 0. The van der Waals surface area contributed by atoms with Crippen molar-refractivity contribution in [3.8, 4) is 10.4 Å². The predicted octanol–water partition coefficient (Wildman–Crippen LogP) is 4.86. The molecule has 1 aliphatic heterocycles. The Kier molecular flexibility index (Phi) is 5.37. The van der Waals surface area contributed by atoms with E-state index in [9.17, 15) is 4.79 Å². The van der Waals surface area contributed by atoms with Crippen LogP contribution < -0.4 is 4.90 Å². The lowest BCUT2D eigenvalue weighted by Crippen LogP contribution is -2.46. The summed E-state index contributed by atoms with van der Waals surface area (Å²) in [4.78, 5) is 18.5. The molecule has 4 rings (SSSR count). The molecule has 3 nitrogen and oxygen atoms in total. The van der Waals surface area contributed by atoms with Crippen molar-refractivity contribution in [2.75, 3.05) is 31.1 Å². The predicted molar refractivity (Wildman–Crippen MR) is 114 cm³/mol. The zero-order valence-corrected chi connectivity index (χ0v) is 16.4. The molecule has 0 saturated carbocycles. The highest BCUT2D eigenvalue weighted by Gasteiger charge is 2.18. The van der Waals surface area contributed by atoms with Crippen molar-refractivity contribution < 1.29 is 4.79 Å². The molecular formula is C23H24N2OS. The van der Waals surface area contributed by atoms with Gasteiger partial charge in [-0.25, -0.2) is 0 Å². The van der Waals surface area contributed by atoms with Crippen molar-refractivity contribution >= 4 is 23.3 Å². The van der Waals surface area contributed by atoms with Crippen molar-refractivity contribution in [2.24, 2.45) is 0 Å². The smallest absolute Gasteiger partial charge is 0.150 e. The normalized spacial score (nSPS) is 15.1. The summed E-state index contributed by atoms with van der Waals surface area (Å²) in [6.07, 6.45) is 0.897. The van der Waals surface area contributed by atoms with Crippen LogP contribution in [0.4, 0.5) is 5.69 Å². The van der Waals surface area contributed by atoms with Gasteiger partial charge < -0.3 is 4.90 Å². The fourth-order valence-electron chi connectivity index (χ4n) is 3.65. The van der Waals surface area contributed by atoms with Crippen LogP contribution >= 0.6 is 11.3 Å². The van der Waals surface area contributed by atoms with Gasteiger partial charge in [0.05, 0.1) is 0 Å². The largest absolute Gasteiger partial charge is 0.369 e. The number of nitrogens with zero attached hydrogens (tertiary/aromatic N) is 2. The summed E-state index contributed by atoms with van der Waals surface area (Å²) in [6, 6.07) is 21.1. The number of hydrogen-bond acceptors (Lipinski definition) is 4. The molecule has 1 fully saturated rings. The molecule has 1 aromatic heterocycles. The molecule has 0 aliphatic carbocycles. The third-order valence-electron chi connectivity index (χ3n) is 5.18. The van der Waals surface area contributed by atoms with Crippen LogP contribution in [0.15, 0.2) is 60.7 Å². The highest BCUT2D eigenvalue weighted by Crippen LogP contribution is 2.31. The molecule has 27 heavy (non-hydrogen) atoms. The van der Waals surface area contributed by atoms with E-state index < -0.39 is 0 Å². The van der Waals surface area contributed by atoms with Gasteiger partial charge >= 0.3 is 0 Å². The number of carbonyl (C=O) groups is 1. The van der Waals surface area contributed by atoms with Crippen LogP contribution in [-0.2, 0) is 6.54 Å². The van der Waals surface area contributed by atoms with Crippen molar-refractivity contribution in [1.82, 2.24) is 4.90 Å². The maximum atomic E-state index is 10.8. The third kappa shape index (κ3) is 4.12. The highest BCUT2D eigenvalue weighted by atomic mass is 32.1. The van der Waals surface area contributed by atoms with Gasteiger partial charge in [-0.15, -0.1) is 11.3 Å². The van der Waals surface area contributed by atoms with Gasteiger partial charge in [-0.05, 0) is 54.4 Å². The Balaban J connectivity index is 1.41. The Hall–Kier alpha value is -2.43. The standard InChI is InChI=1S/C23H24N2OS/c1-18-6-11-23(27-18)22-5-3-2-4-20(22)16-24-12-14-25(15-13-24)21-9-7-19(17-26)8-10-21/h2-11,17H,12-16H2,1H3. The van der Waals surface area contributed by atoms with Gasteiger partial charge in [-0.2, -0.15) is 0 Å². The summed E-state index contributed by atoms with van der Waals surface area (Å²) in [5, 5.41) is 0. The van der Waals surface area contributed by atoms with Crippen molar-refractivity contribution in [3.05, 3.63) is 76.7 Å². The van der Waals surface area contributed by atoms with Crippen LogP contribution in [0.1, 0.15) is 20.8 Å². The Labute approximate surface area is 164 Å².